The minimum absolute atomic E-state index is 0.0748. The molecule has 1 fully saturated rings. The van der Waals surface area contributed by atoms with Gasteiger partial charge in [0.15, 0.2) is 0 Å². The van der Waals surface area contributed by atoms with Crippen molar-refractivity contribution in [3.8, 4) is 28.4 Å². The van der Waals surface area contributed by atoms with E-state index < -0.39 is 39.5 Å². The molecule has 1 N–H and O–H groups in total. The van der Waals surface area contributed by atoms with E-state index in [-0.39, 0.29) is 71.5 Å². The predicted octanol–water partition coefficient (Wildman–Crippen LogP) is 6.73. The third-order valence-electron chi connectivity index (χ3n) is 8.58. The van der Waals surface area contributed by atoms with Gasteiger partial charge in [-0.3, -0.25) is 4.79 Å². The third-order valence-corrected chi connectivity index (χ3v) is 10.3. The van der Waals surface area contributed by atoms with Crippen molar-refractivity contribution in [2.24, 2.45) is 5.92 Å². The quantitative estimate of drug-likeness (QED) is 0.274. The Bertz CT molecular complexity index is 1670. The molecule has 2 atom stereocenters. The zero-order valence-electron chi connectivity index (χ0n) is 23.5. The van der Waals surface area contributed by atoms with E-state index in [9.17, 15) is 26.4 Å². The van der Waals surface area contributed by atoms with Gasteiger partial charge in [-0.1, -0.05) is 18.2 Å². The van der Waals surface area contributed by atoms with Crippen LogP contribution in [0.4, 0.5) is 17.6 Å². The lowest BCUT2D eigenvalue weighted by atomic mass is 9.91. The van der Waals surface area contributed by atoms with Crippen LogP contribution in [0, 0.1) is 11.7 Å². The van der Waals surface area contributed by atoms with Gasteiger partial charge in [-0.05, 0) is 72.6 Å². The summed E-state index contributed by atoms with van der Waals surface area (Å²) in [6.45, 7) is 0.520. The Kier molecular flexibility index (Phi) is 7.98. The van der Waals surface area contributed by atoms with E-state index in [0.717, 1.165) is 5.56 Å². The Morgan fingerprint density at radius 1 is 1.00 bits per heavy atom. The minimum atomic E-state index is -4.80. The van der Waals surface area contributed by atoms with Crippen molar-refractivity contribution >= 4 is 15.8 Å². The van der Waals surface area contributed by atoms with E-state index in [1.54, 1.807) is 30.3 Å². The summed E-state index contributed by atoms with van der Waals surface area (Å²) >= 11 is 0. The summed E-state index contributed by atoms with van der Waals surface area (Å²) in [6, 6.07) is 11.6. The molecule has 0 bridgehead atoms. The molecule has 44 heavy (non-hydrogen) atoms. The molecular formula is C32H30F4O7S. The number of ether oxygens (including phenoxy) is 3. The molecule has 234 valence electrons. The van der Waals surface area contributed by atoms with Gasteiger partial charge in [0.25, 0.3) is 0 Å². The van der Waals surface area contributed by atoms with Crippen LogP contribution in [-0.4, -0.2) is 44.2 Å². The average molecular weight is 635 g/mol. The van der Waals surface area contributed by atoms with Crippen molar-refractivity contribution in [2.45, 2.75) is 50.3 Å². The number of fused-ring (bicyclic) bond motifs is 2. The normalized spacial score (nSPS) is 20.9. The monoisotopic (exact) mass is 634 g/mol. The largest absolute Gasteiger partial charge is 0.493 e. The van der Waals surface area contributed by atoms with E-state index >= 15 is 4.39 Å². The van der Waals surface area contributed by atoms with Gasteiger partial charge in [0.05, 0.1) is 36.7 Å². The van der Waals surface area contributed by atoms with Crippen molar-refractivity contribution < 1.29 is 50.1 Å². The van der Waals surface area contributed by atoms with Crippen molar-refractivity contribution in [2.75, 3.05) is 24.7 Å². The number of alkyl halides is 3. The molecule has 6 rings (SSSR count). The minimum Gasteiger partial charge on any atom is -0.493 e. The fraction of sp³-hybridized carbons (Fsp3) is 0.406. The first kappa shape index (κ1) is 30.2. The Labute approximate surface area is 251 Å². The number of hydrogen-bond donors (Lipinski definition) is 1. The maximum Gasteiger partial charge on any atom is 0.417 e. The molecule has 12 heteroatoms. The number of hydrogen-bond acceptors (Lipinski definition) is 6. The van der Waals surface area contributed by atoms with Gasteiger partial charge in [-0.15, -0.1) is 0 Å². The number of carboxylic acid groups (broad SMARTS) is 1. The number of carbonyl (C=O) groups is 1. The highest BCUT2D eigenvalue weighted by Crippen LogP contribution is 2.48. The van der Waals surface area contributed by atoms with Crippen LogP contribution >= 0.6 is 0 Å². The van der Waals surface area contributed by atoms with E-state index in [1.165, 1.54) is 12.1 Å². The van der Waals surface area contributed by atoms with Gasteiger partial charge < -0.3 is 19.3 Å². The summed E-state index contributed by atoms with van der Waals surface area (Å²) < 4.78 is 98.9. The Morgan fingerprint density at radius 2 is 1.70 bits per heavy atom. The average Bonchev–Trinajstić information content (AvgIpc) is 3.56. The summed E-state index contributed by atoms with van der Waals surface area (Å²) in [4.78, 5) is 11.1. The Hall–Kier alpha value is -3.80. The fourth-order valence-corrected chi connectivity index (χ4v) is 7.92. The molecule has 0 unspecified atom stereocenters. The molecule has 0 spiro atoms. The van der Waals surface area contributed by atoms with Crippen LogP contribution in [0.2, 0.25) is 0 Å². The molecule has 3 aliphatic rings. The van der Waals surface area contributed by atoms with E-state index in [2.05, 4.69) is 0 Å². The molecule has 0 saturated carbocycles. The molecule has 1 aliphatic carbocycles. The van der Waals surface area contributed by atoms with Gasteiger partial charge >= 0.3 is 12.1 Å². The lowest BCUT2D eigenvalue weighted by Gasteiger charge is -2.22. The number of benzene rings is 3. The summed E-state index contributed by atoms with van der Waals surface area (Å²) in [5.74, 6) is -0.663. The van der Waals surface area contributed by atoms with Crippen LogP contribution < -0.4 is 14.2 Å². The predicted molar refractivity (Wildman–Crippen MR) is 152 cm³/mol. The standard InChI is InChI=1S/C32H30F4O7S/c33-26-15-25(32(34,35)36)30(19-1-3-21(4-2-19)41-16-18-9-11-44(39,40)12-10-18)24-7-8-27(31(24)26)43-22-5-6-23-20(13-29(37)38)17-42-28(23)14-22/h1-6,14-15,18,20,27H,7-13,16-17H2,(H,37,38)/t20-,27-/m1/s1. The lowest BCUT2D eigenvalue weighted by Crippen LogP contribution is -2.26. The molecule has 2 aliphatic heterocycles. The number of carboxylic acids is 1. The molecule has 0 amide bonds. The Balaban J connectivity index is 1.24. The number of rotatable bonds is 8. The topological polar surface area (TPSA) is 99.1 Å². The second-order valence-electron chi connectivity index (χ2n) is 11.6. The molecule has 0 aromatic heterocycles. The number of halogens is 4. The van der Waals surface area contributed by atoms with E-state index in [0.29, 0.717) is 42.8 Å². The summed E-state index contributed by atoms with van der Waals surface area (Å²) in [5.41, 5.74) is 0.138. The van der Waals surface area contributed by atoms with Gasteiger partial charge in [0.1, 0.15) is 39.0 Å². The molecule has 1 saturated heterocycles. The van der Waals surface area contributed by atoms with Crippen LogP contribution in [-0.2, 0) is 27.2 Å². The first-order valence-electron chi connectivity index (χ1n) is 14.4. The van der Waals surface area contributed by atoms with Crippen LogP contribution in [0.3, 0.4) is 0 Å². The van der Waals surface area contributed by atoms with Gasteiger partial charge in [0, 0.05) is 23.1 Å². The van der Waals surface area contributed by atoms with Crippen molar-refractivity contribution in [3.63, 3.8) is 0 Å². The molecule has 3 aromatic rings. The van der Waals surface area contributed by atoms with Crippen LogP contribution in [0.15, 0.2) is 48.5 Å². The lowest BCUT2D eigenvalue weighted by molar-refractivity contribution is -0.138. The summed E-state index contributed by atoms with van der Waals surface area (Å²) in [6.07, 6.45) is -4.28. The third kappa shape index (κ3) is 6.22. The second-order valence-corrected chi connectivity index (χ2v) is 13.9. The van der Waals surface area contributed by atoms with Crippen LogP contribution in [0.1, 0.15) is 60.0 Å². The zero-order chi connectivity index (χ0) is 31.2. The highest BCUT2D eigenvalue weighted by molar-refractivity contribution is 7.91. The SMILES string of the molecule is O=C(O)C[C@@H]1COc2cc(O[C@@H]3CCc4c(-c5ccc(OCC6CCS(=O)(=O)CC6)cc5)c(C(F)(F)F)cc(F)c43)ccc21. The van der Waals surface area contributed by atoms with E-state index in [1.807, 2.05) is 0 Å². The highest BCUT2D eigenvalue weighted by atomic mass is 32.2. The van der Waals surface area contributed by atoms with Crippen LogP contribution in [0.5, 0.6) is 17.2 Å². The smallest absolute Gasteiger partial charge is 0.417 e. The first-order chi connectivity index (χ1) is 20.9. The highest BCUT2D eigenvalue weighted by Gasteiger charge is 2.40. The van der Waals surface area contributed by atoms with Gasteiger partial charge in [-0.25, -0.2) is 12.8 Å². The molecule has 0 radical (unpaired) electrons. The number of sulfone groups is 1. The molecule has 7 nitrogen and oxygen atoms in total. The van der Waals surface area contributed by atoms with Gasteiger partial charge in [0.2, 0.25) is 0 Å². The molecule has 3 aromatic carbocycles. The molecular weight excluding hydrogens is 604 g/mol. The summed E-state index contributed by atoms with van der Waals surface area (Å²) in [7, 11) is -3.00. The second kappa shape index (κ2) is 11.6. The van der Waals surface area contributed by atoms with Crippen molar-refractivity contribution in [1.82, 2.24) is 0 Å². The first-order valence-corrected chi connectivity index (χ1v) is 16.2. The van der Waals surface area contributed by atoms with E-state index in [4.69, 9.17) is 19.3 Å². The zero-order valence-corrected chi connectivity index (χ0v) is 24.3. The van der Waals surface area contributed by atoms with Crippen molar-refractivity contribution in [3.05, 3.63) is 76.6 Å². The molecule has 2 heterocycles. The Morgan fingerprint density at radius 3 is 2.39 bits per heavy atom. The number of aliphatic carboxylic acids is 1. The van der Waals surface area contributed by atoms with Crippen molar-refractivity contribution in [1.29, 1.82) is 0 Å². The maximum atomic E-state index is 15.4. The van der Waals surface area contributed by atoms with Gasteiger partial charge in [-0.2, -0.15) is 13.2 Å². The van der Waals surface area contributed by atoms with Crippen LogP contribution in [0.25, 0.3) is 11.1 Å². The fourth-order valence-electron chi connectivity index (χ4n) is 6.33. The summed E-state index contributed by atoms with van der Waals surface area (Å²) in [5, 5.41) is 9.13. The maximum absolute atomic E-state index is 15.4.